The SMILES string of the molecule is CC1(COc2c(N3CCN(SCc4ccc(N)nc4)CC3)cnn(-c3ccccc3)c2=O)CC1. The van der Waals surface area contributed by atoms with E-state index in [-0.39, 0.29) is 11.0 Å². The lowest BCUT2D eigenvalue weighted by molar-refractivity contribution is 0.243. The van der Waals surface area contributed by atoms with E-state index in [1.165, 1.54) is 4.68 Å². The monoisotopic (exact) mass is 478 g/mol. The molecule has 1 aliphatic carbocycles. The van der Waals surface area contributed by atoms with Crippen LogP contribution >= 0.6 is 11.9 Å². The molecule has 9 heteroatoms. The number of hydrogen-bond donors (Lipinski definition) is 1. The van der Waals surface area contributed by atoms with E-state index in [4.69, 9.17) is 10.5 Å². The number of rotatable bonds is 8. The largest absolute Gasteiger partial charge is 0.486 e. The van der Waals surface area contributed by atoms with Crippen LogP contribution in [0.4, 0.5) is 11.5 Å². The van der Waals surface area contributed by atoms with Crippen molar-refractivity contribution in [1.29, 1.82) is 0 Å². The van der Waals surface area contributed by atoms with Crippen LogP contribution in [0.1, 0.15) is 25.3 Å². The molecule has 1 aromatic carbocycles. The minimum Gasteiger partial charge on any atom is -0.486 e. The van der Waals surface area contributed by atoms with Crippen molar-refractivity contribution in [2.45, 2.75) is 25.5 Å². The van der Waals surface area contributed by atoms with Gasteiger partial charge in [0.15, 0.2) is 0 Å². The molecule has 0 spiro atoms. The Morgan fingerprint density at radius 1 is 1.06 bits per heavy atom. The van der Waals surface area contributed by atoms with Crippen LogP contribution in [0.25, 0.3) is 5.69 Å². The fourth-order valence-electron chi connectivity index (χ4n) is 3.89. The lowest BCUT2D eigenvalue weighted by Crippen LogP contribution is -2.44. The first kappa shape index (κ1) is 22.7. The molecule has 3 aromatic rings. The number of nitrogen functional groups attached to an aromatic ring is 1. The zero-order valence-electron chi connectivity index (χ0n) is 19.4. The molecule has 178 valence electrons. The second-order valence-corrected chi connectivity index (χ2v) is 10.4. The lowest BCUT2D eigenvalue weighted by Gasteiger charge is -2.35. The molecular formula is C25H30N6O2S. The van der Waals surface area contributed by atoms with Gasteiger partial charge in [-0.3, -0.25) is 4.79 Å². The molecule has 5 rings (SSSR count). The van der Waals surface area contributed by atoms with Crippen molar-refractivity contribution in [2.75, 3.05) is 43.4 Å². The molecule has 2 fully saturated rings. The Balaban J connectivity index is 1.30. The summed E-state index contributed by atoms with van der Waals surface area (Å²) in [5.41, 5.74) is 8.32. The third-order valence-corrected chi connectivity index (χ3v) is 7.62. The van der Waals surface area contributed by atoms with Crippen molar-refractivity contribution in [3.63, 3.8) is 0 Å². The molecule has 0 radical (unpaired) electrons. The summed E-state index contributed by atoms with van der Waals surface area (Å²) >= 11 is 1.80. The maximum absolute atomic E-state index is 13.4. The van der Waals surface area contributed by atoms with Crippen LogP contribution in [-0.4, -0.2) is 51.9 Å². The van der Waals surface area contributed by atoms with Crippen LogP contribution in [-0.2, 0) is 5.75 Å². The molecule has 0 bridgehead atoms. The van der Waals surface area contributed by atoms with E-state index in [9.17, 15) is 4.79 Å². The highest BCUT2D eigenvalue weighted by Gasteiger charge is 2.39. The van der Waals surface area contributed by atoms with Crippen LogP contribution in [0.5, 0.6) is 5.75 Å². The quantitative estimate of drug-likeness (QED) is 0.493. The van der Waals surface area contributed by atoms with Gasteiger partial charge < -0.3 is 15.4 Å². The highest BCUT2D eigenvalue weighted by Crippen LogP contribution is 2.45. The molecule has 0 amide bonds. The fourth-order valence-corrected chi connectivity index (χ4v) is 4.82. The van der Waals surface area contributed by atoms with Gasteiger partial charge >= 0.3 is 5.56 Å². The standard InChI is InChI=1S/C25H30N6O2S/c1-25(9-10-25)18-33-23-21(16-28-31(24(23)32)20-5-3-2-4-6-20)29-11-13-30(14-12-29)34-17-19-7-8-22(26)27-15-19/h2-8,15-16H,9-14,17-18H2,1H3,(H2,26,27). The molecule has 34 heavy (non-hydrogen) atoms. The second kappa shape index (κ2) is 9.68. The predicted octanol–water partition coefficient (Wildman–Crippen LogP) is 3.36. The van der Waals surface area contributed by atoms with Crippen molar-refractivity contribution >= 4 is 23.5 Å². The van der Waals surface area contributed by atoms with Gasteiger partial charge in [0.1, 0.15) is 11.5 Å². The first-order chi connectivity index (χ1) is 16.5. The van der Waals surface area contributed by atoms with E-state index in [0.29, 0.717) is 18.2 Å². The highest BCUT2D eigenvalue weighted by atomic mass is 32.2. The first-order valence-electron chi connectivity index (χ1n) is 11.6. The van der Waals surface area contributed by atoms with Gasteiger partial charge in [-0.15, -0.1) is 0 Å². The summed E-state index contributed by atoms with van der Waals surface area (Å²) in [5, 5.41) is 4.49. The molecule has 0 unspecified atom stereocenters. The zero-order chi connectivity index (χ0) is 23.5. The number of ether oxygens (including phenoxy) is 1. The zero-order valence-corrected chi connectivity index (χ0v) is 20.2. The third-order valence-electron chi connectivity index (χ3n) is 6.42. The number of para-hydroxylation sites is 1. The van der Waals surface area contributed by atoms with Gasteiger partial charge in [0.25, 0.3) is 0 Å². The molecule has 2 aromatic heterocycles. The summed E-state index contributed by atoms with van der Waals surface area (Å²) in [6, 6.07) is 13.3. The van der Waals surface area contributed by atoms with E-state index < -0.39 is 0 Å². The molecular weight excluding hydrogens is 448 g/mol. The van der Waals surface area contributed by atoms with Crippen LogP contribution in [0.2, 0.25) is 0 Å². The van der Waals surface area contributed by atoms with Crippen molar-refractivity contribution in [1.82, 2.24) is 19.1 Å². The van der Waals surface area contributed by atoms with Gasteiger partial charge in [0.2, 0.25) is 5.75 Å². The summed E-state index contributed by atoms with van der Waals surface area (Å²) in [6.45, 7) is 6.13. The fraction of sp³-hybridized carbons (Fsp3) is 0.400. The average molecular weight is 479 g/mol. The lowest BCUT2D eigenvalue weighted by atomic mass is 10.2. The van der Waals surface area contributed by atoms with Gasteiger partial charge in [-0.2, -0.15) is 9.78 Å². The average Bonchev–Trinajstić information content (AvgIpc) is 3.61. The number of nitrogens with two attached hydrogens (primary N) is 1. The van der Waals surface area contributed by atoms with Gasteiger partial charge in [-0.25, -0.2) is 9.29 Å². The van der Waals surface area contributed by atoms with E-state index in [1.54, 1.807) is 18.1 Å². The van der Waals surface area contributed by atoms with Gasteiger partial charge in [-0.05, 0) is 36.6 Å². The molecule has 3 heterocycles. The van der Waals surface area contributed by atoms with Crippen molar-refractivity contribution in [3.8, 4) is 11.4 Å². The molecule has 2 N–H and O–H groups in total. The summed E-state index contributed by atoms with van der Waals surface area (Å²) < 4.78 is 9.99. The maximum atomic E-state index is 13.4. The normalized spacial score (nSPS) is 17.5. The Morgan fingerprint density at radius 3 is 2.50 bits per heavy atom. The third kappa shape index (κ3) is 5.20. The van der Waals surface area contributed by atoms with Crippen molar-refractivity contribution < 1.29 is 4.74 Å². The van der Waals surface area contributed by atoms with Gasteiger partial charge in [-0.1, -0.05) is 43.1 Å². The second-order valence-electron chi connectivity index (χ2n) is 9.29. The minimum absolute atomic E-state index is 0.177. The Hall–Kier alpha value is -3.04. The van der Waals surface area contributed by atoms with Crippen LogP contribution < -0.4 is 20.9 Å². The molecule has 8 nitrogen and oxygen atoms in total. The molecule has 1 saturated carbocycles. The molecule has 2 aliphatic rings. The smallest absolute Gasteiger partial charge is 0.316 e. The van der Waals surface area contributed by atoms with E-state index in [0.717, 1.165) is 61.7 Å². The summed E-state index contributed by atoms with van der Waals surface area (Å²) in [5.74, 6) is 1.80. The van der Waals surface area contributed by atoms with Crippen LogP contribution in [0, 0.1) is 5.41 Å². The minimum atomic E-state index is -0.208. The predicted molar refractivity (Wildman–Crippen MR) is 136 cm³/mol. The Kier molecular flexibility index (Phi) is 6.47. The van der Waals surface area contributed by atoms with E-state index in [1.807, 2.05) is 48.7 Å². The maximum Gasteiger partial charge on any atom is 0.316 e. The molecule has 1 saturated heterocycles. The highest BCUT2D eigenvalue weighted by molar-refractivity contribution is 7.96. The van der Waals surface area contributed by atoms with Crippen molar-refractivity contribution in [2.24, 2.45) is 5.41 Å². The summed E-state index contributed by atoms with van der Waals surface area (Å²) in [4.78, 5) is 19.8. The molecule has 1 aliphatic heterocycles. The van der Waals surface area contributed by atoms with Gasteiger partial charge in [0, 0.05) is 43.5 Å². The number of nitrogens with zero attached hydrogens (tertiary/aromatic N) is 5. The van der Waals surface area contributed by atoms with E-state index >= 15 is 0 Å². The number of aromatic nitrogens is 3. The topological polar surface area (TPSA) is 89.5 Å². The number of anilines is 2. The van der Waals surface area contributed by atoms with E-state index in [2.05, 4.69) is 26.2 Å². The number of hydrogen-bond acceptors (Lipinski definition) is 8. The Morgan fingerprint density at radius 2 is 1.82 bits per heavy atom. The van der Waals surface area contributed by atoms with Gasteiger partial charge in [0.05, 0.1) is 18.5 Å². The van der Waals surface area contributed by atoms with Crippen LogP contribution in [0.15, 0.2) is 59.7 Å². The Bertz CT molecular complexity index is 1170. The summed E-state index contributed by atoms with van der Waals surface area (Å²) in [6.07, 6.45) is 5.89. The van der Waals surface area contributed by atoms with Crippen LogP contribution in [0.3, 0.4) is 0 Å². The molecule has 0 atom stereocenters. The van der Waals surface area contributed by atoms with Crippen molar-refractivity contribution in [3.05, 3.63) is 70.8 Å². The summed E-state index contributed by atoms with van der Waals surface area (Å²) in [7, 11) is 0. The number of benzene rings is 1. The Labute approximate surface area is 203 Å². The first-order valence-corrected chi connectivity index (χ1v) is 12.6. The number of piperazine rings is 1. The number of pyridine rings is 1.